The average molecular weight is 296 g/mol. The molecule has 17 heavy (non-hydrogen) atoms. The van der Waals surface area contributed by atoms with Gasteiger partial charge in [-0.05, 0) is 29.3 Å². The molecule has 0 aliphatic carbocycles. The van der Waals surface area contributed by atoms with Gasteiger partial charge in [-0.1, -0.05) is 28.1 Å². The Morgan fingerprint density at radius 1 is 1.35 bits per heavy atom. The minimum Gasteiger partial charge on any atom is -0.481 e. The van der Waals surface area contributed by atoms with Gasteiger partial charge in [-0.2, -0.15) is 0 Å². The van der Waals surface area contributed by atoms with Gasteiger partial charge < -0.3 is 4.74 Å². The molecule has 0 N–H and O–H groups in total. The van der Waals surface area contributed by atoms with Gasteiger partial charge in [0, 0.05) is 17.1 Å². The van der Waals surface area contributed by atoms with Crippen molar-refractivity contribution < 1.29 is 9.13 Å². The molecule has 0 aliphatic rings. The van der Waals surface area contributed by atoms with E-state index < -0.39 is 0 Å². The van der Waals surface area contributed by atoms with Crippen molar-refractivity contribution in [2.75, 3.05) is 7.11 Å². The standard InChI is InChI=1S/C13H11BrFNO/c1-17-13-12(5-9(7-14)8-16-13)10-3-2-4-11(15)6-10/h2-6,8H,7H2,1H3. The molecule has 2 aromatic rings. The number of aromatic nitrogens is 1. The maximum Gasteiger partial charge on any atom is 0.221 e. The second kappa shape index (κ2) is 5.27. The lowest BCUT2D eigenvalue weighted by molar-refractivity contribution is 0.399. The highest BCUT2D eigenvalue weighted by Crippen LogP contribution is 2.29. The highest BCUT2D eigenvalue weighted by molar-refractivity contribution is 9.08. The third-order valence-corrected chi connectivity index (χ3v) is 3.04. The van der Waals surface area contributed by atoms with E-state index in [1.54, 1.807) is 19.4 Å². The Balaban J connectivity index is 2.56. The van der Waals surface area contributed by atoms with Crippen LogP contribution in [0.4, 0.5) is 4.39 Å². The van der Waals surface area contributed by atoms with E-state index in [-0.39, 0.29) is 5.82 Å². The lowest BCUT2D eigenvalue weighted by Crippen LogP contribution is -1.93. The Morgan fingerprint density at radius 3 is 2.82 bits per heavy atom. The summed E-state index contributed by atoms with van der Waals surface area (Å²) in [5, 5.41) is 0.701. The van der Waals surface area contributed by atoms with Crippen LogP contribution in [0.3, 0.4) is 0 Å². The van der Waals surface area contributed by atoms with Crippen LogP contribution in [0.2, 0.25) is 0 Å². The predicted molar refractivity (Wildman–Crippen MR) is 68.8 cm³/mol. The van der Waals surface area contributed by atoms with E-state index >= 15 is 0 Å². The summed E-state index contributed by atoms with van der Waals surface area (Å²) in [6, 6.07) is 8.33. The second-order valence-corrected chi connectivity index (χ2v) is 4.11. The largest absolute Gasteiger partial charge is 0.481 e. The minimum atomic E-state index is -0.270. The van der Waals surface area contributed by atoms with Crippen molar-refractivity contribution in [1.82, 2.24) is 4.98 Å². The zero-order chi connectivity index (χ0) is 12.3. The minimum absolute atomic E-state index is 0.270. The average Bonchev–Trinajstić information content (AvgIpc) is 2.38. The van der Waals surface area contributed by atoms with Crippen molar-refractivity contribution in [1.29, 1.82) is 0 Å². The summed E-state index contributed by atoms with van der Waals surface area (Å²) in [5.41, 5.74) is 2.58. The Hall–Kier alpha value is -1.42. The summed E-state index contributed by atoms with van der Waals surface area (Å²) in [6.45, 7) is 0. The fourth-order valence-corrected chi connectivity index (χ4v) is 1.90. The molecule has 1 aromatic heterocycles. The lowest BCUT2D eigenvalue weighted by atomic mass is 10.1. The molecule has 0 saturated heterocycles. The summed E-state index contributed by atoms with van der Waals surface area (Å²) >= 11 is 3.37. The fraction of sp³-hybridized carbons (Fsp3) is 0.154. The van der Waals surface area contributed by atoms with Crippen molar-refractivity contribution in [3.05, 3.63) is 47.9 Å². The van der Waals surface area contributed by atoms with Gasteiger partial charge in [0.15, 0.2) is 0 Å². The van der Waals surface area contributed by atoms with Gasteiger partial charge in [-0.25, -0.2) is 9.37 Å². The first kappa shape index (κ1) is 12.0. The molecule has 0 atom stereocenters. The molecule has 1 heterocycles. The maximum atomic E-state index is 13.2. The molecule has 0 bridgehead atoms. The monoisotopic (exact) mass is 295 g/mol. The van der Waals surface area contributed by atoms with Gasteiger partial charge in [0.1, 0.15) is 5.82 Å². The molecule has 2 rings (SSSR count). The molecule has 0 amide bonds. The van der Waals surface area contributed by atoms with Crippen LogP contribution in [-0.4, -0.2) is 12.1 Å². The van der Waals surface area contributed by atoms with Crippen LogP contribution in [-0.2, 0) is 5.33 Å². The van der Waals surface area contributed by atoms with Gasteiger partial charge in [0.2, 0.25) is 5.88 Å². The van der Waals surface area contributed by atoms with E-state index in [9.17, 15) is 4.39 Å². The van der Waals surface area contributed by atoms with E-state index in [0.717, 1.165) is 16.7 Å². The third-order valence-electron chi connectivity index (χ3n) is 2.39. The molecule has 0 saturated carbocycles. The number of hydrogen-bond acceptors (Lipinski definition) is 2. The van der Waals surface area contributed by atoms with Crippen molar-refractivity contribution >= 4 is 15.9 Å². The zero-order valence-corrected chi connectivity index (χ0v) is 10.9. The van der Waals surface area contributed by atoms with Crippen molar-refractivity contribution in [3.63, 3.8) is 0 Å². The molecule has 4 heteroatoms. The third kappa shape index (κ3) is 2.64. The Bertz CT molecular complexity index is 531. The number of alkyl halides is 1. The van der Waals surface area contributed by atoms with Crippen LogP contribution in [0.1, 0.15) is 5.56 Å². The normalized spacial score (nSPS) is 10.3. The van der Waals surface area contributed by atoms with Gasteiger partial charge in [0.25, 0.3) is 0 Å². The van der Waals surface area contributed by atoms with E-state index in [4.69, 9.17) is 4.74 Å². The van der Waals surface area contributed by atoms with E-state index in [0.29, 0.717) is 11.2 Å². The Labute approximate surface area is 108 Å². The van der Waals surface area contributed by atoms with Gasteiger partial charge in [0.05, 0.1) is 7.11 Å². The quantitative estimate of drug-likeness (QED) is 0.804. The van der Waals surface area contributed by atoms with Crippen molar-refractivity contribution in [2.24, 2.45) is 0 Å². The second-order valence-electron chi connectivity index (χ2n) is 3.54. The van der Waals surface area contributed by atoms with E-state index in [1.807, 2.05) is 12.1 Å². The number of rotatable bonds is 3. The van der Waals surface area contributed by atoms with Crippen LogP contribution >= 0.6 is 15.9 Å². The number of hydrogen-bond donors (Lipinski definition) is 0. The summed E-state index contributed by atoms with van der Waals surface area (Å²) < 4.78 is 18.4. The van der Waals surface area contributed by atoms with Gasteiger partial charge in [-0.3, -0.25) is 0 Å². The summed E-state index contributed by atoms with van der Waals surface area (Å²) in [7, 11) is 1.55. The number of pyridine rings is 1. The van der Waals surface area contributed by atoms with Crippen LogP contribution in [0.25, 0.3) is 11.1 Å². The first-order chi connectivity index (χ1) is 8.24. The van der Waals surface area contributed by atoms with E-state index in [1.165, 1.54) is 12.1 Å². The Morgan fingerprint density at radius 2 is 2.18 bits per heavy atom. The number of nitrogens with zero attached hydrogens (tertiary/aromatic N) is 1. The van der Waals surface area contributed by atoms with E-state index in [2.05, 4.69) is 20.9 Å². The number of halogens is 2. The topological polar surface area (TPSA) is 22.1 Å². The van der Waals surface area contributed by atoms with Crippen LogP contribution in [0.5, 0.6) is 5.88 Å². The first-order valence-corrected chi connectivity index (χ1v) is 6.21. The molecule has 0 aliphatic heterocycles. The van der Waals surface area contributed by atoms with Gasteiger partial charge in [-0.15, -0.1) is 0 Å². The smallest absolute Gasteiger partial charge is 0.221 e. The molecular formula is C13H11BrFNO. The van der Waals surface area contributed by atoms with Crippen LogP contribution < -0.4 is 4.74 Å². The zero-order valence-electron chi connectivity index (χ0n) is 9.28. The lowest BCUT2D eigenvalue weighted by Gasteiger charge is -2.09. The molecular weight excluding hydrogens is 285 g/mol. The summed E-state index contributed by atoms with van der Waals surface area (Å²) in [6.07, 6.45) is 1.73. The molecule has 0 radical (unpaired) electrons. The predicted octanol–water partition coefficient (Wildman–Crippen LogP) is 3.79. The highest BCUT2D eigenvalue weighted by atomic mass is 79.9. The number of ether oxygens (including phenoxy) is 1. The molecule has 88 valence electrons. The first-order valence-electron chi connectivity index (χ1n) is 5.09. The molecule has 0 fully saturated rings. The molecule has 0 spiro atoms. The number of methoxy groups -OCH3 is 1. The molecule has 1 aromatic carbocycles. The SMILES string of the molecule is COc1ncc(CBr)cc1-c1cccc(F)c1. The number of benzene rings is 1. The Kier molecular flexibility index (Phi) is 3.74. The summed E-state index contributed by atoms with van der Waals surface area (Å²) in [4.78, 5) is 4.20. The molecule has 0 unspecified atom stereocenters. The maximum absolute atomic E-state index is 13.2. The van der Waals surface area contributed by atoms with Crippen LogP contribution in [0.15, 0.2) is 36.5 Å². The van der Waals surface area contributed by atoms with Crippen LogP contribution in [0, 0.1) is 5.82 Å². The molecule has 2 nitrogen and oxygen atoms in total. The summed E-state index contributed by atoms with van der Waals surface area (Å²) in [5.74, 6) is 0.231. The van der Waals surface area contributed by atoms with Crippen molar-refractivity contribution in [2.45, 2.75) is 5.33 Å². The fourth-order valence-electron chi connectivity index (χ4n) is 1.59. The van der Waals surface area contributed by atoms with Gasteiger partial charge >= 0.3 is 0 Å². The van der Waals surface area contributed by atoms with Crippen molar-refractivity contribution in [3.8, 4) is 17.0 Å². The highest BCUT2D eigenvalue weighted by Gasteiger charge is 2.09.